The number of hydrogen-bond donors (Lipinski definition) is 0. The number of hydrogen-bond acceptors (Lipinski definition) is 3. The molecule has 0 amide bonds. The van der Waals surface area contributed by atoms with Crippen LogP contribution in [0.4, 0.5) is 0 Å². The normalized spacial score (nSPS) is 10.2. The number of para-hydroxylation sites is 1. The van der Waals surface area contributed by atoms with Gasteiger partial charge in [-0.1, -0.05) is 42.5 Å². The summed E-state index contributed by atoms with van der Waals surface area (Å²) in [6.07, 6.45) is 0. The van der Waals surface area contributed by atoms with Crippen molar-refractivity contribution in [1.82, 2.24) is 0 Å². The first-order chi connectivity index (χ1) is 9.31. The predicted molar refractivity (Wildman–Crippen MR) is 73.4 cm³/mol. The molecule has 0 aliphatic heterocycles. The molecule has 0 fully saturated rings. The Kier molecular flexibility index (Phi) is 4.70. The van der Waals surface area contributed by atoms with Gasteiger partial charge < -0.3 is 9.47 Å². The highest BCUT2D eigenvalue weighted by atomic mass is 16.5. The van der Waals surface area contributed by atoms with E-state index < -0.39 is 0 Å². The molecule has 19 heavy (non-hydrogen) atoms. The van der Waals surface area contributed by atoms with Crippen LogP contribution in [0.5, 0.6) is 5.75 Å². The Hall–Kier alpha value is -2.13. The molecular weight excluding hydrogens is 240 g/mol. The van der Waals surface area contributed by atoms with Gasteiger partial charge in [0.2, 0.25) is 0 Å². The van der Waals surface area contributed by atoms with E-state index in [1.165, 1.54) is 7.11 Å². The van der Waals surface area contributed by atoms with Crippen molar-refractivity contribution in [3.8, 4) is 5.75 Å². The van der Waals surface area contributed by atoms with Gasteiger partial charge in [-0.05, 0) is 17.7 Å². The fourth-order valence-electron chi connectivity index (χ4n) is 1.77. The first kappa shape index (κ1) is 13.3. The quantitative estimate of drug-likeness (QED) is 0.745. The van der Waals surface area contributed by atoms with Crippen molar-refractivity contribution in [1.29, 1.82) is 0 Å². The summed E-state index contributed by atoms with van der Waals surface area (Å²) in [5, 5.41) is 0. The minimum atomic E-state index is -0.0776. The fraction of sp³-hybridized carbons (Fsp3) is 0.188. The van der Waals surface area contributed by atoms with Crippen molar-refractivity contribution in [2.24, 2.45) is 0 Å². The van der Waals surface area contributed by atoms with Gasteiger partial charge in [-0.15, -0.1) is 0 Å². The van der Waals surface area contributed by atoms with Gasteiger partial charge in [-0.3, -0.25) is 4.79 Å². The van der Waals surface area contributed by atoms with Crippen molar-refractivity contribution in [3.63, 3.8) is 0 Å². The van der Waals surface area contributed by atoms with E-state index in [0.29, 0.717) is 17.9 Å². The zero-order valence-electron chi connectivity index (χ0n) is 10.8. The van der Waals surface area contributed by atoms with E-state index in [4.69, 9.17) is 9.47 Å². The lowest BCUT2D eigenvalue weighted by atomic mass is 10.1. The average Bonchev–Trinajstić information content (AvgIpc) is 2.47. The molecule has 0 bridgehead atoms. The van der Waals surface area contributed by atoms with Crippen molar-refractivity contribution in [3.05, 3.63) is 65.7 Å². The molecule has 3 heteroatoms. The third-order valence-corrected chi connectivity index (χ3v) is 2.70. The molecule has 2 aromatic carbocycles. The lowest BCUT2D eigenvalue weighted by Gasteiger charge is -2.10. The van der Waals surface area contributed by atoms with Crippen LogP contribution in [0, 0.1) is 0 Å². The standard InChI is InChI=1S/C16H16O3/c1-18-12-15(17)14-9-5-6-10-16(14)19-11-13-7-3-2-4-8-13/h2-10H,11-12H2,1H3. The predicted octanol–water partition coefficient (Wildman–Crippen LogP) is 3.09. The van der Waals surface area contributed by atoms with Crippen LogP contribution in [-0.2, 0) is 11.3 Å². The fourth-order valence-corrected chi connectivity index (χ4v) is 1.77. The summed E-state index contributed by atoms with van der Waals surface area (Å²) in [5.74, 6) is 0.513. The second kappa shape index (κ2) is 6.71. The Bertz CT molecular complexity index is 535. The molecule has 0 spiro atoms. The minimum Gasteiger partial charge on any atom is -0.488 e. The topological polar surface area (TPSA) is 35.5 Å². The van der Waals surface area contributed by atoms with E-state index in [9.17, 15) is 4.79 Å². The zero-order valence-corrected chi connectivity index (χ0v) is 10.8. The Morgan fingerprint density at radius 3 is 2.42 bits per heavy atom. The summed E-state index contributed by atoms with van der Waals surface area (Å²) >= 11 is 0. The maximum Gasteiger partial charge on any atom is 0.192 e. The van der Waals surface area contributed by atoms with Gasteiger partial charge in [0.15, 0.2) is 5.78 Å². The number of ether oxygens (including phenoxy) is 2. The lowest BCUT2D eigenvalue weighted by Crippen LogP contribution is -2.09. The summed E-state index contributed by atoms with van der Waals surface area (Å²) in [4.78, 5) is 11.9. The molecule has 0 saturated carbocycles. The molecule has 98 valence electrons. The second-order valence-electron chi connectivity index (χ2n) is 4.13. The molecule has 0 N–H and O–H groups in total. The van der Waals surface area contributed by atoms with Crippen molar-refractivity contribution in [2.75, 3.05) is 13.7 Å². The van der Waals surface area contributed by atoms with E-state index in [1.54, 1.807) is 12.1 Å². The molecule has 0 saturated heterocycles. The first-order valence-electron chi connectivity index (χ1n) is 6.09. The molecule has 3 nitrogen and oxygen atoms in total. The summed E-state index contributed by atoms with van der Waals surface area (Å²) < 4.78 is 10.6. The van der Waals surface area contributed by atoms with Gasteiger partial charge in [-0.25, -0.2) is 0 Å². The highest BCUT2D eigenvalue weighted by molar-refractivity contribution is 5.99. The van der Waals surface area contributed by atoms with Crippen molar-refractivity contribution >= 4 is 5.78 Å². The maximum atomic E-state index is 11.9. The second-order valence-corrected chi connectivity index (χ2v) is 4.13. The SMILES string of the molecule is COCC(=O)c1ccccc1OCc1ccccc1. The first-order valence-corrected chi connectivity index (χ1v) is 6.09. The van der Waals surface area contributed by atoms with Crippen LogP contribution in [0.1, 0.15) is 15.9 Å². The third-order valence-electron chi connectivity index (χ3n) is 2.70. The molecule has 0 aliphatic rings. The molecule has 0 aliphatic carbocycles. The largest absolute Gasteiger partial charge is 0.488 e. The smallest absolute Gasteiger partial charge is 0.192 e. The molecule has 0 radical (unpaired) electrons. The number of methoxy groups -OCH3 is 1. The van der Waals surface area contributed by atoms with Gasteiger partial charge in [0, 0.05) is 7.11 Å². The molecular formula is C16H16O3. The molecule has 0 aromatic heterocycles. The summed E-state index contributed by atoms with van der Waals surface area (Å²) in [6, 6.07) is 17.1. The molecule has 0 unspecified atom stereocenters. The third kappa shape index (κ3) is 3.66. The van der Waals surface area contributed by atoms with Crippen LogP contribution in [0.15, 0.2) is 54.6 Å². The van der Waals surface area contributed by atoms with Gasteiger partial charge >= 0.3 is 0 Å². The van der Waals surface area contributed by atoms with E-state index >= 15 is 0 Å². The van der Waals surface area contributed by atoms with Gasteiger partial charge in [-0.2, -0.15) is 0 Å². The molecule has 2 aromatic rings. The zero-order chi connectivity index (χ0) is 13.5. The number of benzene rings is 2. The van der Waals surface area contributed by atoms with Crippen LogP contribution >= 0.6 is 0 Å². The minimum absolute atomic E-state index is 0.0612. The van der Waals surface area contributed by atoms with E-state index in [2.05, 4.69) is 0 Å². The summed E-state index contributed by atoms with van der Waals surface area (Å²) in [7, 11) is 1.51. The Morgan fingerprint density at radius 1 is 1.00 bits per heavy atom. The van der Waals surface area contributed by atoms with Crippen molar-refractivity contribution in [2.45, 2.75) is 6.61 Å². The number of carbonyl (C=O) groups is 1. The average molecular weight is 256 g/mol. The van der Waals surface area contributed by atoms with Gasteiger partial charge in [0.05, 0.1) is 5.56 Å². The van der Waals surface area contributed by atoms with E-state index in [1.807, 2.05) is 42.5 Å². The van der Waals surface area contributed by atoms with Gasteiger partial charge in [0.1, 0.15) is 19.0 Å². The Balaban J connectivity index is 2.10. The lowest BCUT2D eigenvalue weighted by molar-refractivity contribution is 0.0843. The molecule has 0 atom stereocenters. The van der Waals surface area contributed by atoms with Crippen molar-refractivity contribution < 1.29 is 14.3 Å². The highest BCUT2D eigenvalue weighted by Crippen LogP contribution is 2.20. The van der Waals surface area contributed by atoms with Crippen LogP contribution in [0.25, 0.3) is 0 Å². The molecule has 0 heterocycles. The van der Waals surface area contributed by atoms with E-state index in [-0.39, 0.29) is 12.4 Å². The number of carbonyl (C=O) groups excluding carboxylic acids is 1. The van der Waals surface area contributed by atoms with Crippen LogP contribution < -0.4 is 4.74 Å². The van der Waals surface area contributed by atoms with Gasteiger partial charge in [0.25, 0.3) is 0 Å². The van der Waals surface area contributed by atoms with Crippen LogP contribution in [0.2, 0.25) is 0 Å². The monoisotopic (exact) mass is 256 g/mol. The number of ketones is 1. The summed E-state index contributed by atoms with van der Waals surface area (Å²) in [5.41, 5.74) is 1.62. The highest BCUT2D eigenvalue weighted by Gasteiger charge is 2.11. The number of Topliss-reactive ketones (excluding diaryl/α,β-unsaturated/α-hetero) is 1. The molecule has 2 rings (SSSR count). The number of rotatable bonds is 6. The Morgan fingerprint density at radius 2 is 1.68 bits per heavy atom. The van der Waals surface area contributed by atoms with E-state index in [0.717, 1.165) is 5.56 Å². The van der Waals surface area contributed by atoms with Crippen LogP contribution in [0.3, 0.4) is 0 Å². The van der Waals surface area contributed by atoms with Crippen LogP contribution in [-0.4, -0.2) is 19.5 Å². The Labute approximate surface area is 112 Å². The maximum absolute atomic E-state index is 11.9. The summed E-state index contributed by atoms with van der Waals surface area (Å²) in [6.45, 7) is 0.504.